The van der Waals surface area contributed by atoms with Crippen molar-refractivity contribution in [1.82, 2.24) is 9.78 Å². The Morgan fingerprint density at radius 1 is 1.56 bits per heavy atom. The van der Waals surface area contributed by atoms with Crippen LogP contribution in [0.15, 0.2) is 30.5 Å². The molecule has 2 N–H and O–H groups in total. The summed E-state index contributed by atoms with van der Waals surface area (Å²) in [6.07, 6.45) is 1.36. The van der Waals surface area contributed by atoms with Gasteiger partial charge in [-0.05, 0) is 17.7 Å². The van der Waals surface area contributed by atoms with Gasteiger partial charge in [-0.3, -0.25) is 0 Å². The van der Waals surface area contributed by atoms with Gasteiger partial charge in [0, 0.05) is 5.02 Å². The Labute approximate surface area is 108 Å². The molecule has 1 aromatic heterocycles. The Morgan fingerprint density at radius 2 is 2.39 bits per heavy atom. The normalized spacial score (nSPS) is 17.3. The number of carboxylic acids is 1. The van der Waals surface area contributed by atoms with Crippen molar-refractivity contribution in [3.63, 3.8) is 0 Å². The van der Waals surface area contributed by atoms with Gasteiger partial charge < -0.3 is 10.4 Å². The van der Waals surface area contributed by atoms with E-state index in [1.165, 1.54) is 6.20 Å². The lowest BCUT2D eigenvalue weighted by Crippen LogP contribution is -2.08. The van der Waals surface area contributed by atoms with Crippen molar-refractivity contribution in [1.29, 1.82) is 0 Å². The second kappa shape index (κ2) is 4.03. The summed E-state index contributed by atoms with van der Waals surface area (Å²) in [7, 11) is 0. The van der Waals surface area contributed by atoms with Gasteiger partial charge in [0.15, 0.2) is 0 Å². The SMILES string of the molecule is O=C(O)c1cnn2c1NC(c1cccc(Cl)c1)C2. The summed E-state index contributed by atoms with van der Waals surface area (Å²) in [5.74, 6) is -0.428. The van der Waals surface area contributed by atoms with Crippen molar-refractivity contribution in [2.24, 2.45) is 0 Å². The van der Waals surface area contributed by atoms with Gasteiger partial charge in [-0.2, -0.15) is 5.10 Å². The van der Waals surface area contributed by atoms with Gasteiger partial charge >= 0.3 is 5.97 Å². The second-order valence-corrected chi connectivity index (χ2v) is 4.58. The van der Waals surface area contributed by atoms with Crippen molar-refractivity contribution >= 4 is 23.4 Å². The minimum atomic E-state index is -0.976. The van der Waals surface area contributed by atoms with Crippen LogP contribution in [0.1, 0.15) is 22.0 Å². The van der Waals surface area contributed by atoms with Gasteiger partial charge in [-0.25, -0.2) is 9.48 Å². The van der Waals surface area contributed by atoms with E-state index in [1.807, 2.05) is 18.2 Å². The molecule has 1 aliphatic rings. The van der Waals surface area contributed by atoms with E-state index in [-0.39, 0.29) is 11.6 Å². The maximum atomic E-state index is 11.0. The van der Waals surface area contributed by atoms with Gasteiger partial charge in [0.25, 0.3) is 0 Å². The molecule has 0 spiro atoms. The van der Waals surface area contributed by atoms with Crippen LogP contribution in [-0.4, -0.2) is 20.9 Å². The number of nitrogens with zero attached hydrogens (tertiary/aromatic N) is 2. The predicted octanol–water partition coefficient (Wildman–Crippen LogP) is 2.40. The molecule has 92 valence electrons. The lowest BCUT2D eigenvalue weighted by molar-refractivity contribution is 0.0698. The Balaban J connectivity index is 1.91. The summed E-state index contributed by atoms with van der Waals surface area (Å²) in [6.45, 7) is 0.600. The van der Waals surface area contributed by atoms with Crippen LogP contribution < -0.4 is 5.32 Å². The number of rotatable bonds is 2. The molecular formula is C12H10ClN3O2. The first kappa shape index (κ1) is 11.1. The zero-order valence-electron chi connectivity index (χ0n) is 9.30. The summed E-state index contributed by atoms with van der Waals surface area (Å²) in [6, 6.07) is 7.51. The van der Waals surface area contributed by atoms with Crippen molar-refractivity contribution in [2.75, 3.05) is 5.32 Å². The van der Waals surface area contributed by atoms with E-state index in [9.17, 15) is 4.79 Å². The van der Waals surface area contributed by atoms with Crippen LogP contribution in [-0.2, 0) is 6.54 Å². The Morgan fingerprint density at radius 3 is 3.11 bits per heavy atom. The number of carboxylic acid groups (broad SMARTS) is 1. The Bertz CT molecular complexity index is 624. The molecule has 0 bridgehead atoms. The fourth-order valence-electron chi connectivity index (χ4n) is 2.13. The van der Waals surface area contributed by atoms with E-state index < -0.39 is 5.97 Å². The quantitative estimate of drug-likeness (QED) is 0.873. The minimum absolute atomic E-state index is 0.00509. The molecule has 0 amide bonds. The summed E-state index contributed by atoms with van der Waals surface area (Å²) >= 11 is 5.95. The average molecular weight is 264 g/mol. The summed E-state index contributed by atoms with van der Waals surface area (Å²) in [5, 5.41) is 16.9. The average Bonchev–Trinajstić information content (AvgIpc) is 2.87. The van der Waals surface area contributed by atoms with E-state index >= 15 is 0 Å². The molecule has 6 heteroatoms. The van der Waals surface area contributed by atoms with Crippen LogP contribution in [0.3, 0.4) is 0 Å². The minimum Gasteiger partial charge on any atom is -0.477 e. The number of benzene rings is 1. The van der Waals surface area contributed by atoms with Crippen LogP contribution in [0.2, 0.25) is 5.02 Å². The maximum Gasteiger partial charge on any atom is 0.341 e. The molecule has 1 aromatic carbocycles. The molecule has 5 nitrogen and oxygen atoms in total. The number of hydrogen-bond donors (Lipinski definition) is 2. The number of nitrogens with one attached hydrogen (secondary N) is 1. The lowest BCUT2D eigenvalue weighted by Gasteiger charge is -2.11. The number of aromatic nitrogens is 2. The topological polar surface area (TPSA) is 67.1 Å². The summed E-state index contributed by atoms with van der Waals surface area (Å²) < 4.78 is 1.66. The van der Waals surface area contributed by atoms with E-state index in [2.05, 4.69) is 10.4 Å². The zero-order chi connectivity index (χ0) is 12.7. The molecule has 1 unspecified atom stereocenters. The summed E-state index contributed by atoms with van der Waals surface area (Å²) in [4.78, 5) is 11.0. The van der Waals surface area contributed by atoms with Crippen LogP contribution in [0.25, 0.3) is 0 Å². The van der Waals surface area contributed by atoms with E-state index in [1.54, 1.807) is 10.7 Å². The molecular weight excluding hydrogens is 254 g/mol. The van der Waals surface area contributed by atoms with Gasteiger partial charge in [0.05, 0.1) is 18.8 Å². The molecule has 2 aromatic rings. The molecule has 2 heterocycles. The maximum absolute atomic E-state index is 11.0. The monoisotopic (exact) mass is 263 g/mol. The molecule has 3 rings (SSSR count). The van der Waals surface area contributed by atoms with Crippen LogP contribution in [0.5, 0.6) is 0 Å². The van der Waals surface area contributed by atoms with Crippen LogP contribution in [0, 0.1) is 0 Å². The first-order valence-electron chi connectivity index (χ1n) is 5.46. The molecule has 0 fully saturated rings. The Hall–Kier alpha value is -2.01. The first-order chi connectivity index (χ1) is 8.65. The lowest BCUT2D eigenvalue weighted by atomic mass is 10.1. The molecule has 0 aliphatic carbocycles. The van der Waals surface area contributed by atoms with Crippen molar-refractivity contribution < 1.29 is 9.90 Å². The van der Waals surface area contributed by atoms with Crippen LogP contribution >= 0.6 is 11.6 Å². The Kier molecular flexibility index (Phi) is 2.48. The van der Waals surface area contributed by atoms with Crippen molar-refractivity contribution in [3.8, 4) is 0 Å². The highest BCUT2D eigenvalue weighted by Crippen LogP contribution is 2.31. The third-order valence-electron chi connectivity index (χ3n) is 2.99. The standard InChI is InChI=1S/C12H10ClN3O2/c13-8-3-1-2-7(4-8)10-6-16-11(15-10)9(5-14-16)12(17)18/h1-5,10,15H,6H2,(H,17,18). The smallest absolute Gasteiger partial charge is 0.341 e. The molecule has 18 heavy (non-hydrogen) atoms. The number of anilines is 1. The third kappa shape index (κ3) is 1.73. The number of hydrogen-bond acceptors (Lipinski definition) is 3. The van der Waals surface area contributed by atoms with Crippen molar-refractivity contribution in [3.05, 3.63) is 46.6 Å². The summed E-state index contributed by atoms with van der Waals surface area (Å²) in [5.41, 5.74) is 1.21. The number of carbonyl (C=O) groups is 1. The van der Waals surface area contributed by atoms with E-state index in [0.717, 1.165) is 5.56 Å². The largest absolute Gasteiger partial charge is 0.477 e. The highest BCUT2D eigenvalue weighted by atomic mass is 35.5. The molecule has 0 saturated heterocycles. The first-order valence-corrected chi connectivity index (χ1v) is 5.84. The van der Waals surface area contributed by atoms with Gasteiger partial charge in [0.2, 0.25) is 0 Å². The third-order valence-corrected chi connectivity index (χ3v) is 3.22. The highest BCUT2D eigenvalue weighted by Gasteiger charge is 2.27. The highest BCUT2D eigenvalue weighted by molar-refractivity contribution is 6.30. The van der Waals surface area contributed by atoms with Gasteiger partial charge in [-0.15, -0.1) is 0 Å². The second-order valence-electron chi connectivity index (χ2n) is 4.15. The number of aromatic carboxylic acids is 1. The zero-order valence-corrected chi connectivity index (χ0v) is 10.1. The molecule has 1 aliphatic heterocycles. The number of halogens is 1. The molecule has 0 saturated carbocycles. The molecule has 0 radical (unpaired) electrons. The van der Waals surface area contributed by atoms with E-state index in [0.29, 0.717) is 17.4 Å². The van der Waals surface area contributed by atoms with Gasteiger partial charge in [0.1, 0.15) is 11.4 Å². The fourth-order valence-corrected chi connectivity index (χ4v) is 2.33. The molecule has 1 atom stereocenters. The van der Waals surface area contributed by atoms with Crippen LogP contribution in [0.4, 0.5) is 5.82 Å². The van der Waals surface area contributed by atoms with E-state index in [4.69, 9.17) is 16.7 Å². The predicted molar refractivity (Wildman–Crippen MR) is 67.0 cm³/mol. The fraction of sp³-hybridized carbons (Fsp3) is 0.167. The van der Waals surface area contributed by atoms with Gasteiger partial charge in [-0.1, -0.05) is 23.7 Å². The number of fused-ring (bicyclic) bond motifs is 1. The van der Waals surface area contributed by atoms with Crippen molar-refractivity contribution in [2.45, 2.75) is 12.6 Å².